The van der Waals surface area contributed by atoms with E-state index >= 15 is 0 Å². The highest BCUT2D eigenvalue weighted by atomic mass is 16.2. The van der Waals surface area contributed by atoms with Crippen molar-refractivity contribution in [3.63, 3.8) is 0 Å². The van der Waals surface area contributed by atoms with Gasteiger partial charge in [-0.25, -0.2) is 0 Å². The Morgan fingerprint density at radius 1 is 1.26 bits per heavy atom. The van der Waals surface area contributed by atoms with Crippen LogP contribution in [0.1, 0.15) is 58.9 Å². The maximum atomic E-state index is 13.0. The number of amides is 4. The first kappa shape index (κ1) is 19.2. The monoisotopic (exact) mass is 372 g/mol. The van der Waals surface area contributed by atoms with Gasteiger partial charge in [-0.1, -0.05) is 12.1 Å². The number of hydrogen-bond acceptors (Lipinski definition) is 6. The maximum absolute atomic E-state index is 13.0. The Balaban J connectivity index is 1.80. The normalized spacial score (nSPS) is 20.7. The third-order valence-electron chi connectivity index (χ3n) is 5.04. The van der Waals surface area contributed by atoms with Gasteiger partial charge in [0.2, 0.25) is 11.8 Å². The zero-order chi connectivity index (χ0) is 19.6. The Hall–Kier alpha value is -2.58. The standard InChI is InChI=1S/C19H24N4O4/c1-11(4-3-9-20)21-10-12-5-2-6-13-16(12)19(27)23(18(13)26)14-7-8-15(24)22-17(14)25/h2,5-6,11,14,21H,3-4,7-10,20H2,1H3,(H,22,24,25). The van der Waals surface area contributed by atoms with Crippen LogP contribution in [-0.2, 0) is 16.1 Å². The van der Waals surface area contributed by atoms with Crippen molar-refractivity contribution in [1.29, 1.82) is 0 Å². The number of fused-ring (bicyclic) bond motifs is 1. The summed E-state index contributed by atoms with van der Waals surface area (Å²) in [5.74, 6) is -1.95. The van der Waals surface area contributed by atoms with E-state index in [0.29, 0.717) is 24.2 Å². The van der Waals surface area contributed by atoms with Crippen LogP contribution in [0.2, 0.25) is 0 Å². The number of carbonyl (C=O) groups is 4. The van der Waals surface area contributed by atoms with Crippen molar-refractivity contribution in [3.05, 3.63) is 34.9 Å². The van der Waals surface area contributed by atoms with E-state index in [9.17, 15) is 19.2 Å². The van der Waals surface area contributed by atoms with Gasteiger partial charge in [0.15, 0.2) is 0 Å². The third-order valence-corrected chi connectivity index (χ3v) is 5.04. The number of piperidine rings is 1. The molecule has 2 aliphatic rings. The van der Waals surface area contributed by atoms with E-state index in [1.165, 1.54) is 0 Å². The lowest BCUT2D eigenvalue weighted by Gasteiger charge is -2.27. The summed E-state index contributed by atoms with van der Waals surface area (Å²) in [6, 6.07) is 4.42. The molecule has 27 heavy (non-hydrogen) atoms. The average molecular weight is 372 g/mol. The fourth-order valence-electron chi connectivity index (χ4n) is 3.54. The molecule has 0 spiro atoms. The Kier molecular flexibility index (Phi) is 5.67. The van der Waals surface area contributed by atoms with Gasteiger partial charge >= 0.3 is 0 Å². The molecule has 0 aromatic heterocycles. The van der Waals surface area contributed by atoms with Gasteiger partial charge in [0.05, 0.1) is 11.1 Å². The molecular formula is C19H24N4O4. The van der Waals surface area contributed by atoms with Crippen LogP contribution in [0, 0.1) is 0 Å². The van der Waals surface area contributed by atoms with Gasteiger partial charge in [-0.3, -0.25) is 29.4 Å². The van der Waals surface area contributed by atoms with Crippen LogP contribution in [0.4, 0.5) is 0 Å². The quantitative estimate of drug-likeness (QED) is 0.592. The summed E-state index contributed by atoms with van der Waals surface area (Å²) in [6.45, 7) is 3.11. The summed E-state index contributed by atoms with van der Waals surface area (Å²) in [7, 11) is 0. The minimum atomic E-state index is -0.945. The van der Waals surface area contributed by atoms with Crippen molar-refractivity contribution >= 4 is 23.6 Å². The van der Waals surface area contributed by atoms with Gasteiger partial charge in [0.1, 0.15) is 6.04 Å². The van der Waals surface area contributed by atoms with Gasteiger partial charge in [-0.15, -0.1) is 0 Å². The molecule has 0 aliphatic carbocycles. The zero-order valence-corrected chi connectivity index (χ0v) is 15.3. The molecule has 1 saturated heterocycles. The minimum absolute atomic E-state index is 0.108. The molecular weight excluding hydrogens is 348 g/mol. The van der Waals surface area contributed by atoms with Gasteiger partial charge in [-0.2, -0.15) is 0 Å². The number of rotatable bonds is 7. The van der Waals surface area contributed by atoms with Gasteiger partial charge in [-0.05, 0) is 44.4 Å². The van der Waals surface area contributed by atoms with E-state index < -0.39 is 23.8 Å². The molecule has 4 N–H and O–H groups in total. The van der Waals surface area contributed by atoms with Crippen molar-refractivity contribution in [1.82, 2.24) is 15.5 Å². The highest BCUT2D eigenvalue weighted by Gasteiger charge is 2.45. The molecule has 1 fully saturated rings. The lowest BCUT2D eigenvalue weighted by Crippen LogP contribution is -2.54. The third kappa shape index (κ3) is 3.77. The largest absolute Gasteiger partial charge is 0.330 e. The Morgan fingerprint density at radius 3 is 2.74 bits per heavy atom. The molecule has 0 bridgehead atoms. The number of hydrogen-bond donors (Lipinski definition) is 3. The predicted octanol–water partition coefficient (Wildman–Crippen LogP) is 0.305. The number of nitrogens with one attached hydrogen (secondary N) is 2. The lowest BCUT2D eigenvalue weighted by atomic mass is 10.0. The summed E-state index contributed by atoms with van der Waals surface area (Å²) in [5, 5.41) is 5.55. The van der Waals surface area contributed by atoms with Crippen molar-refractivity contribution in [2.75, 3.05) is 6.54 Å². The second-order valence-corrected chi connectivity index (χ2v) is 7.00. The first-order chi connectivity index (χ1) is 12.9. The second kappa shape index (κ2) is 7.98. The number of benzene rings is 1. The molecule has 1 aromatic rings. The fraction of sp³-hybridized carbons (Fsp3) is 0.474. The van der Waals surface area contributed by atoms with Crippen LogP contribution < -0.4 is 16.4 Å². The molecule has 2 heterocycles. The van der Waals surface area contributed by atoms with Crippen LogP contribution in [-0.4, -0.2) is 47.2 Å². The van der Waals surface area contributed by atoms with Crippen molar-refractivity contribution in [3.8, 4) is 0 Å². The summed E-state index contributed by atoms with van der Waals surface area (Å²) >= 11 is 0. The van der Waals surface area contributed by atoms with E-state index in [0.717, 1.165) is 23.3 Å². The predicted molar refractivity (Wildman–Crippen MR) is 97.7 cm³/mol. The SMILES string of the molecule is CC(CCCN)NCc1cccc2c1C(=O)N(C1CCC(=O)NC1=O)C2=O. The van der Waals surface area contributed by atoms with Crippen molar-refractivity contribution < 1.29 is 19.2 Å². The number of nitrogens with two attached hydrogens (primary N) is 1. The number of imide groups is 2. The molecule has 0 radical (unpaired) electrons. The van der Waals surface area contributed by atoms with Crippen LogP contribution in [0.15, 0.2) is 18.2 Å². The molecule has 0 saturated carbocycles. The molecule has 3 rings (SSSR count). The molecule has 2 atom stereocenters. The molecule has 8 nitrogen and oxygen atoms in total. The minimum Gasteiger partial charge on any atom is -0.330 e. The second-order valence-electron chi connectivity index (χ2n) is 7.00. The smallest absolute Gasteiger partial charge is 0.262 e. The summed E-state index contributed by atoms with van der Waals surface area (Å²) in [4.78, 5) is 50.2. The Labute approximate surface area is 157 Å². The first-order valence-electron chi connectivity index (χ1n) is 9.21. The molecule has 2 unspecified atom stereocenters. The average Bonchev–Trinajstić information content (AvgIpc) is 2.90. The van der Waals surface area contributed by atoms with Gasteiger partial charge in [0.25, 0.3) is 11.8 Å². The number of carbonyl (C=O) groups excluding carboxylic acids is 4. The topological polar surface area (TPSA) is 122 Å². The lowest BCUT2D eigenvalue weighted by molar-refractivity contribution is -0.136. The highest BCUT2D eigenvalue weighted by molar-refractivity contribution is 6.24. The molecule has 144 valence electrons. The first-order valence-corrected chi connectivity index (χ1v) is 9.21. The highest BCUT2D eigenvalue weighted by Crippen LogP contribution is 2.29. The van der Waals surface area contributed by atoms with E-state index in [1.807, 2.05) is 6.92 Å². The van der Waals surface area contributed by atoms with Crippen LogP contribution in [0.25, 0.3) is 0 Å². The fourth-order valence-corrected chi connectivity index (χ4v) is 3.54. The summed E-state index contributed by atoms with van der Waals surface area (Å²) in [6.07, 6.45) is 2.08. The molecule has 2 aliphatic heterocycles. The Morgan fingerprint density at radius 2 is 2.04 bits per heavy atom. The van der Waals surface area contributed by atoms with Crippen LogP contribution in [0.3, 0.4) is 0 Å². The molecule has 4 amide bonds. The maximum Gasteiger partial charge on any atom is 0.262 e. The van der Waals surface area contributed by atoms with Gasteiger partial charge in [0, 0.05) is 19.0 Å². The van der Waals surface area contributed by atoms with Crippen molar-refractivity contribution in [2.45, 2.75) is 51.2 Å². The van der Waals surface area contributed by atoms with E-state index in [4.69, 9.17) is 5.73 Å². The van der Waals surface area contributed by atoms with Gasteiger partial charge < -0.3 is 11.1 Å². The van der Waals surface area contributed by atoms with E-state index in [1.54, 1.807) is 18.2 Å². The van der Waals surface area contributed by atoms with Crippen LogP contribution in [0.5, 0.6) is 0 Å². The number of nitrogens with zero attached hydrogens (tertiary/aromatic N) is 1. The van der Waals surface area contributed by atoms with E-state index in [-0.39, 0.29) is 24.8 Å². The molecule has 1 aromatic carbocycles. The Bertz CT molecular complexity index is 792. The van der Waals surface area contributed by atoms with E-state index in [2.05, 4.69) is 10.6 Å². The van der Waals surface area contributed by atoms with Crippen molar-refractivity contribution in [2.24, 2.45) is 5.73 Å². The van der Waals surface area contributed by atoms with Crippen LogP contribution >= 0.6 is 0 Å². The summed E-state index contributed by atoms with van der Waals surface area (Å²) < 4.78 is 0. The molecule has 8 heteroatoms. The summed E-state index contributed by atoms with van der Waals surface area (Å²) in [5.41, 5.74) is 6.89. The zero-order valence-electron chi connectivity index (χ0n) is 15.3.